The summed E-state index contributed by atoms with van der Waals surface area (Å²) in [5.74, 6) is -0.700. The summed E-state index contributed by atoms with van der Waals surface area (Å²) in [5.41, 5.74) is 0. The maximum atomic E-state index is 10.9. The lowest BCUT2D eigenvalue weighted by molar-refractivity contribution is -0.140. The molecule has 0 saturated carbocycles. The average molecular weight is 241 g/mol. The highest BCUT2D eigenvalue weighted by molar-refractivity contribution is 5.73. The molecule has 17 heavy (non-hydrogen) atoms. The van der Waals surface area contributed by atoms with Crippen LogP contribution in [0.5, 0.6) is 0 Å². The zero-order valence-corrected chi connectivity index (χ0v) is 10.4. The number of hydrogen-bond donors (Lipinski definition) is 2. The van der Waals surface area contributed by atoms with Gasteiger partial charge < -0.3 is 15.2 Å². The van der Waals surface area contributed by atoms with E-state index >= 15 is 0 Å². The fourth-order valence-corrected chi connectivity index (χ4v) is 2.91. The Morgan fingerprint density at radius 1 is 1.24 bits per heavy atom. The first-order valence-corrected chi connectivity index (χ1v) is 6.86. The van der Waals surface area contributed by atoms with Gasteiger partial charge in [-0.25, -0.2) is 0 Å². The standard InChI is InChI=1S/C13H23NO3/c15-13(16)12-8-2-5-10(14-12)4-1-6-11-7-3-9-17-11/h10-12,14H,1-9H2,(H,15,16). The van der Waals surface area contributed by atoms with E-state index in [0.29, 0.717) is 12.1 Å². The van der Waals surface area contributed by atoms with Crippen molar-refractivity contribution in [3.05, 3.63) is 0 Å². The van der Waals surface area contributed by atoms with Crippen molar-refractivity contribution in [2.24, 2.45) is 0 Å². The number of carboxylic acid groups (broad SMARTS) is 1. The molecule has 0 bridgehead atoms. The molecule has 0 amide bonds. The van der Waals surface area contributed by atoms with Crippen LogP contribution in [0.3, 0.4) is 0 Å². The van der Waals surface area contributed by atoms with Gasteiger partial charge in [0, 0.05) is 12.6 Å². The second-order valence-electron chi connectivity index (χ2n) is 5.25. The van der Waals surface area contributed by atoms with E-state index in [0.717, 1.165) is 45.1 Å². The maximum Gasteiger partial charge on any atom is 0.320 e. The van der Waals surface area contributed by atoms with Crippen LogP contribution in [0.15, 0.2) is 0 Å². The number of piperidine rings is 1. The summed E-state index contributed by atoms with van der Waals surface area (Å²) < 4.78 is 5.59. The second kappa shape index (κ2) is 6.36. The van der Waals surface area contributed by atoms with Gasteiger partial charge in [-0.1, -0.05) is 0 Å². The summed E-state index contributed by atoms with van der Waals surface area (Å²) in [6, 6.07) is 0.0720. The fourth-order valence-electron chi connectivity index (χ4n) is 2.91. The van der Waals surface area contributed by atoms with E-state index in [1.807, 2.05) is 0 Å². The summed E-state index contributed by atoms with van der Waals surface area (Å²) in [6.07, 6.45) is 9.17. The molecule has 2 aliphatic heterocycles. The minimum Gasteiger partial charge on any atom is -0.480 e. The van der Waals surface area contributed by atoms with Crippen LogP contribution in [0, 0.1) is 0 Å². The highest BCUT2D eigenvalue weighted by atomic mass is 16.5. The first-order valence-electron chi connectivity index (χ1n) is 6.86. The SMILES string of the molecule is O=C(O)C1CCCC(CCCC2CCCO2)N1. The normalized spacial score (nSPS) is 33.8. The summed E-state index contributed by atoms with van der Waals surface area (Å²) in [6.45, 7) is 0.924. The molecular formula is C13H23NO3. The quantitative estimate of drug-likeness (QED) is 0.772. The third kappa shape index (κ3) is 3.96. The summed E-state index contributed by atoms with van der Waals surface area (Å²) in [7, 11) is 0. The Morgan fingerprint density at radius 3 is 2.82 bits per heavy atom. The van der Waals surface area contributed by atoms with Crippen molar-refractivity contribution in [2.75, 3.05) is 6.61 Å². The zero-order valence-electron chi connectivity index (χ0n) is 10.4. The Balaban J connectivity index is 1.62. The maximum absolute atomic E-state index is 10.9. The van der Waals surface area contributed by atoms with E-state index in [4.69, 9.17) is 9.84 Å². The smallest absolute Gasteiger partial charge is 0.320 e. The number of rotatable bonds is 5. The summed E-state index contributed by atoms with van der Waals surface area (Å²) in [4.78, 5) is 10.9. The number of carbonyl (C=O) groups is 1. The lowest BCUT2D eigenvalue weighted by Crippen LogP contribution is -2.46. The van der Waals surface area contributed by atoms with Gasteiger partial charge in [0.25, 0.3) is 0 Å². The fraction of sp³-hybridized carbons (Fsp3) is 0.923. The molecule has 4 heteroatoms. The van der Waals surface area contributed by atoms with Crippen LogP contribution in [0.2, 0.25) is 0 Å². The highest BCUT2D eigenvalue weighted by Gasteiger charge is 2.25. The monoisotopic (exact) mass is 241 g/mol. The predicted molar refractivity (Wildman–Crippen MR) is 65.0 cm³/mol. The van der Waals surface area contributed by atoms with Gasteiger partial charge in [0.15, 0.2) is 0 Å². The molecule has 2 fully saturated rings. The van der Waals surface area contributed by atoms with Crippen LogP contribution in [-0.2, 0) is 9.53 Å². The molecule has 2 aliphatic rings. The molecule has 3 unspecified atom stereocenters. The van der Waals surface area contributed by atoms with Crippen LogP contribution in [0.4, 0.5) is 0 Å². The van der Waals surface area contributed by atoms with Crippen LogP contribution in [-0.4, -0.2) is 35.9 Å². The van der Waals surface area contributed by atoms with Crippen molar-refractivity contribution in [1.29, 1.82) is 0 Å². The average Bonchev–Trinajstić information content (AvgIpc) is 2.82. The molecule has 4 nitrogen and oxygen atoms in total. The molecule has 2 heterocycles. The van der Waals surface area contributed by atoms with E-state index < -0.39 is 5.97 Å². The van der Waals surface area contributed by atoms with Crippen LogP contribution in [0.1, 0.15) is 51.4 Å². The van der Waals surface area contributed by atoms with Crippen molar-refractivity contribution >= 4 is 5.97 Å². The molecule has 2 saturated heterocycles. The zero-order chi connectivity index (χ0) is 12.1. The molecule has 0 aromatic rings. The molecular weight excluding hydrogens is 218 g/mol. The van der Waals surface area contributed by atoms with Crippen LogP contribution < -0.4 is 5.32 Å². The first kappa shape index (κ1) is 12.8. The van der Waals surface area contributed by atoms with Crippen molar-refractivity contribution in [1.82, 2.24) is 5.32 Å². The van der Waals surface area contributed by atoms with Crippen molar-refractivity contribution < 1.29 is 14.6 Å². The number of carboxylic acids is 1. The second-order valence-corrected chi connectivity index (χ2v) is 5.25. The molecule has 0 spiro atoms. The Kier molecular flexibility index (Phi) is 4.80. The summed E-state index contributed by atoms with van der Waals surface area (Å²) >= 11 is 0. The molecule has 2 rings (SSSR count). The van der Waals surface area contributed by atoms with Gasteiger partial charge in [-0.3, -0.25) is 4.79 Å². The molecule has 3 atom stereocenters. The molecule has 98 valence electrons. The minimum absolute atomic E-state index is 0.323. The number of ether oxygens (including phenoxy) is 1. The highest BCUT2D eigenvalue weighted by Crippen LogP contribution is 2.21. The number of nitrogens with one attached hydrogen (secondary N) is 1. The van der Waals surface area contributed by atoms with Crippen molar-refractivity contribution in [3.63, 3.8) is 0 Å². The van der Waals surface area contributed by atoms with E-state index in [9.17, 15) is 4.79 Å². The van der Waals surface area contributed by atoms with E-state index in [2.05, 4.69) is 5.32 Å². The molecule has 0 radical (unpaired) electrons. The Hall–Kier alpha value is -0.610. The van der Waals surface area contributed by atoms with Gasteiger partial charge in [0.1, 0.15) is 6.04 Å². The molecule has 0 aromatic heterocycles. The molecule has 0 aromatic carbocycles. The Labute approximate surface area is 103 Å². The van der Waals surface area contributed by atoms with E-state index in [1.54, 1.807) is 0 Å². The van der Waals surface area contributed by atoms with Gasteiger partial charge in [0.2, 0.25) is 0 Å². The van der Waals surface area contributed by atoms with Crippen molar-refractivity contribution in [2.45, 2.75) is 69.6 Å². The lowest BCUT2D eigenvalue weighted by Gasteiger charge is -2.28. The van der Waals surface area contributed by atoms with Crippen LogP contribution in [0.25, 0.3) is 0 Å². The Morgan fingerprint density at radius 2 is 2.12 bits per heavy atom. The molecule has 2 N–H and O–H groups in total. The topological polar surface area (TPSA) is 58.6 Å². The first-order chi connectivity index (χ1) is 8.25. The van der Waals surface area contributed by atoms with Crippen molar-refractivity contribution in [3.8, 4) is 0 Å². The third-order valence-corrected chi connectivity index (χ3v) is 3.88. The number of aliphatic carboxylic acids is 1. The van der Waals surface area contributed by atoms with Crippen LogP contribution >= 0.6 is 0 Å². The number of hydrogen-bond acceptors (Lipinski definition) is 3. The van der Waals surface area contributed by atoms with E-state index in [-0.39, 0.29) is 6.04 Å². The largest absolute Gasteiger partial charge is 0.480 e. The van der Waals surface area contributed by atoms with E-state index in [1.165, 1.54) is 12.8 Å². The van der Waals surface area contributed by atoms with Gasteiger partial charge in [-0.2, -0.15) is 0 Å². The lowest BCUT2D eigenvalue weighted by atomic mass is 9.94. The van der Waals surface area contributed by atoms with Gasteiger partial charge in [-0.15, -0.1) is 0 Å². The summed E-state index contributed by atoms with van der Waals surface area (Å²) in [5, 5.41) is 12.2. The minimum atomic E-state index is -0.700. The van der Waals surface area contributed by atoms with Gasteiger partial charge >= 0.3 is 5.97 Å². The predicted octanol–water partition coefficient (Wildman–Crippen LogP) is 1.93. The van der Waals surface area contributed by atoms with Gasteiger partial charge in [-0.05, 0) is 51.4 Å². The third-order valence-electron chi connectivity index (χ3n) is 3.88. The molecule has 0 aliphatic carbocycles. The van der Waals surface area contributed by atoms with Gasteiger partial charge in [0.05, 0.1) is 6.10 Å². The Bertz CT molecular complexity index is 251.